The third kappa shape index (κ3) is 6.83. The Morgan fingerprint density at radius 1 is 0.906 bits per heavy atom. The number of aliphatic hydroxyl groups excluding tert-OH is 1. The van der Waals surface area contributed by atoms with E-state index in [1.807, 2.05) is 7.05 Å². The Bertz CT molecular complexity index is 829. The molecule has 0 unspecified atom stereocenters. The molecule has 174 valence electrons. The lowest BCUT2D eigenvalue weighted by Crippen LogP contribution is -2.52. The second-order valence-electron chi connectivity index (χ2n) is 8.53. The van der Waals surface area contributed by atoms with Crippen LogP contribution in [0, 0.1) is 0 Å². The van der Waals surface area contributed by atoms with Crippen LogP contribution in [0.25, 0.3) is 0 Å². The Morgan fingerprint density at radius 2 is 1.53 bits per heavy atom. The van der Waals surface area contributed by atoms with E-state index in [-0.39, 0.29) is 30.1 Å². The highest BCUT2D eigenvalue weighted by Crippen LogP contribution is 2.16. The van der Waals surface area contributed by atoms with Crippen molar-refractivity contribution in [1.29, 1.82) is 0 Å². The predicted octanol–water partition coefficient (Wildman–Crippen LogP) is 3.16. The van der Waals surface area contributed by atoms with Gasteiger partial charge in [-0.2, -0.15) is 0 Å². The zero-order chi connectivity index (χ0) is 21.5. The smallest absolute Gasteiger partial charge is 0.194 e. The highest BCUT2D eigenvalue weighted by Gasteiger charge is 2.20. The number of likely N-dealkylation sites (tertiary alicyclic amines) is 1. The second kappa shape index (κ2) is 12.4. The number of piperazine rings is 1. The molecule has 7 heteroatoms. The van der Waals surface area contributed by atoms with Crippen LogP contribution in [0.2, 0.25) is 0 Å². The van der Waals surface area contributed by atoms with Crippen molar-refractivity contribution in [2.24, 2.45) is 4.99 Å². The first-order valence-electron chi connectivity index (χ1n) is 11.4. The molecule has 0 amide bonds. The molecule has 2 aliphatic rings. The van der Waals surface area contributed by atoms with Gasteiger partial charge in [-0.25, -0.2) is 0 Å². The first-order chi connectivity index (χ1) is 15.2. The average Bonchev–Trinajstić information content (AvgIpc) is 2.83. The lowest BCUT2D eigenvalue weighted by atomic mass is 10.1. The van der Waals surface area contributed by atoms with E-state index in [9.17, 15) is 5.11 Å². The van der Waals surface area contributed by atoms with Gasteiger partial charge >= 0.3 is 0 Å². The highest BCUT2D eigenvalue weighted by molar-refractivity contribution is 14.0. The number of anilines is 1. The van der Waals surface area contributed by atoms with Crippen LogP contribution in [0.4, 0.5) is 5.69 Å². The van der Waals surface area contributed by atoms with Crippen molar-refractivity contribution in [3.05, 3.63) is 65.7 Å². The predicted molar refractivity (Wildman–Crippen MR) is 143 cm³/mol. The summed E-state index contributed by atoms with van der Waals surface area (Å²) in [6.45, 7) is 7.67. The molecule has 6 nitrogen and oxygen atoms in total. The molecule has 2 N–H and O–H groups in total. The number of hydrogen-bond donors (Lipinski definition) is 2. The fraction of sp³-hybridized carbons (Fsp3) is 0.480. The molecule has 4 rings (SSSR count). The number of piperidine rings is 1. The van der Waals surface area contributed by atoms with Gasteiger partial charge in [-0.3, -0.25) is 9.89 Å². The van der Waals surface area contributed by atoms with Crippen LogP contribution in [0.3, 0.4) is 0 Å². The van der Waals surface area contributed by atoms with Crippen molar-refractivity contribution in [3.63, 3.8) is 0 Å². The number of nitrogens with one attached hydrogen (secondary N) is 1. The quantitative estimate of drug-likeness (QED) is 0.341. The number of halogens is 1. The van der Waals surface area contributed by atoms with Crippen LogP contribution in [-0.2, 0) is 13.1 Å². The average molecular weight is 550 g/mol. The zero-order valence-electron chi connectivity index (χ0n) is 19.0. The molecule has 0 aromatic heterocycles. The highest BCUT2D eigenvalue weighted by atomic mass is 127. The van der Waals surface area contributed by atoms with Crippen LogP contribution in [-0.4, -0.2) is 73.3 Å². The van der Waals surface area contributed by atoms with Gasteiger partial charge in [0.05, 0.1) is 6.10 Å². The summed E-state index contributed by atoms with van der Waals surface area (Å²) in [5.74, 6) is 0.976. The third-order valence-corrected chi connectivity index (χ3v) is 6.35. The van der Waals surface area contributed by atoms with Gasteiger partial charge in [-0.05, 0) is 36.1 Å². The fourth-order valence-electron chi connectivity index (χ4n) is 4.43. The maximum atomic E-state index is 9.66. The summed E-state index contributed by atoms with van der Waals surface area (Å²) in [6, 6.07) is 19.5. The molecule has 2 fully saturated rings. The van der Waals surface area contributed by atoms with Crippen LogP contribution in [0.5, 0.6) is 0 Å². The first kappa shape index (κ1) is 24.8. The van der Waals surface area contributed by atoms with Gasteiger partial charge in [-0.1, -0.05) is 42.5 Å². The van der Waals surface area contributed by atoms with E-state index < -0.39 is 0 Å². The minimum absolute atomic E-state index is 0. The van der Waals surface area contributed by atoms with Crippen LogP contribution < -0.4 is 10.2 Å². The van der Waals surface area contributed by atoms with E-state index in [0.717, 1.165) is 71.2 Å². The standard InChI is InChI=1S/C25H35N5O.HI/c1-26-25(30-17-15-29(16-18-30)23-5-3-2-4-6-23)27-19-21-7-9-22(10-8-21)20-28-13-11-24(31)12-14-28;/h2-10,24,31H,11-20H2,1H3,(H,26,27);1H. The van der Waals surface area contributed by atoms with Gasteiger partial charge in [0, 0.05) is 65.1 Å². The van der Waals surface area contributed by atoms with Crippen molar-refractivity contribution in [1.82, 2.24) is 15.1 Å². The summed E-state index contributed by atoms with van der Waals surface area (Å²) >= 11 is 0. The van der Waals surface area contributed by atoms with Crippen LogP contribution in [0.1, 0.15) is 24.0 Å². The van der Waals surface area contributed by atoms with Crippen molar-refractivity contribution in [2.75, 3.05) is 51.2 Å². The zero-order valence-corrected chi connectivity index (χ0v) is 21.3. The lowest BCUT2D eigenvalue weighted by molar-refractivity contribution is 0.0792. The normalized spacial score (nSPS) is 18.4. The molecular formula is C25H36IN5O. The van der Waals surface area contributed by atoms with Crippen molar-refractivity contribution in [3.8, 4) is 0 Å². The molecule has 0 radical (unpaired) electrons. The molecule has 2 heterocycles. The van der Waals surface area contributed by atoms with Crippen LogP contribution >= 0.6 is 24.0 Å². The number of nitrogens with zero attached hydrogens (tertiary/aromatic N) is 4. The van der Waals surface area contributed by atoms with E-state index >= 15 is 0 Å². The molecule has 2 aromatic rings. The number of guanidine groups is 1. The molecular weight excluding hydrogens is 513 g/mol. The Kier molecular flexibility index (Phi) is 9.62. The van der Waals surface area contributed by atoms with Crippen molar-refractivity contribution < 1.29 is 5.11 Å². The van der Waals surface area contributed by atoms with E-state index in [4.69, 9.17) is 0 Å². The van der Waals surface area contributed by atoms with E-state index in [1.54, 1.807) is 0 Å². The molecule has 0 spiro atoms. The fourth-order valence-corrected chi connectivity index (χ4v) is 4.43. The number of aliphatic hydroxyl groups is 1. The van der Waals surface area contributed by atoms with E-state index in [0.29, 0.717) is 0 Å². The molecule has 0 bridgehead atoms. The largest absolute Gasteiger partial charge is 0.393 e. The third-order valence-electron chi connectivity index (χ3n) is 6.35. The van der Waals surface area contributed by atoms with Gasteiger partial charge in [-0.15, -0.1) is 24.0 Å². The Morgan fingerprint density at radius 3 is 2.16 bits per heavy atom. The van der Waals surface area contributed by atoms with Crippen LogP contribution in [0.15, 0.2) is 59.6 Å². The molecule has 0 saturated carbocycles. The molecule has 2 aromatic carbocycles. The summed E-state index contributed by atoms with van der Waals surface area (Å²) in [5, 5.41) is 13.2. The summed E-state index contributed by atoms with van der Waals surface area (Å²) in [6.07, 6.45) is 1.67. The van der Waals surface area contributed by atoms with E-state index in [2.05, 4.69) is 79.6 Å². The molecule has 2 saturated heterocycles. The van der Waals surface area contributed by atoms with Gasteiger partial charge in [0.2, 0.25) is 0 Å². The minimum Gasteiger partial charge on any atom is -0.393 e. The number of rotatable bonds is 5. The number of para-hydroxylation sites is 1. The van der Waals surface area contributed by atoms with Gasteiger partial charge < -0.3 is 20.2 Å². The monoisotopic (exact) mass is 549 g/mol. The first-order valence-corrected chi connectivity index (χ1v) is 11.4. The SMILES string of the molecule is CN=C(NCc1ccc(CN2CCC(O)CC2)cc1)N1CCN(c2ccccc2)CC1.I. The van der Waals surface area contributed by atoms with E-state index in [1.165, 1.54) is 16.8 Å². The Labute approximate surface area is 209 Å². The number of benzene rings is 2. The summed E-state index contributed by atoms with van der Waals surface area (Å²) in [7, 11) is 1.87. The molecule has 0 atom stereocenters. The minimum atomic E-state index is -0.111. The topological polar surface area (TPSA) is 54.3 Å². The summed E-state index contributed by atoms with van der Waals surface area (Å²) < 4.78 is 0. The molecule has 0 aliphatic carbocycles. The van der Waals surface area contributed by atoms with Crippen molar-refractivity contribution >= 4 is 35.6 Å². The van der Waals surface area contributed by atoms with Gasteiger partial charge in [0.1, 0.15) is 0 Å². The maximum absolute atomic E-state index is 9.66. The summed E-state index contributed by atoms with van der Waals surface area (Å²) in [5.41, 5.74) is 3.90. The lowest BCUT2D eigenvalue weighted by Gasteiger charge is -2.37. The summed E-state index contributed by atoms with van der Waals surface area (Å²) in [4.78, 5) is 11.7. The molecule has 32 heavy (non-hydrogen) atoms. The van der Waals surface area contributed by atoms with Crippen molar-refractivity contribution in [2.45, 2.75) is 32.0 Å². The maximum Gasteiger partial charge on any atom is 0.194 e. The van der Waals surface area contributed by atoms with Gasteiger partial charge in [0.15, 0.2) is 5.96 Å². The number of hydrogen-bond acceptors (Lipinski definition) is 4. The Balaban J connectivity index is 0.00000289. The Hall–Kier alpha value is -1.84. The van der Waals surface area contributed by atoms with Gasteiger partial charge in [0.25, 0.3) is 0 Å². The molecule has 2 aliphatic heterocycles. The number of aliphatic imine (C=N–C) groups is 1. The second-order valence-corrected chi connectivity index (χ2v) is 8.53.